The highest BCUT2D eigenvalue weighted by atomic mass is 16.2. The van der Waals surface area contributed by atoms with E-state index in [0.29, 0.717) is 57.6 Å². The molecular formula is C16H29N5O5. The molecule has 0 aromatic heterocycles. The fourth-order valence-electron chi connectivity index (χ4n) is 2.17. The third-order valence-electron chi connectivity index (χ3n) is 3.95. The minimum Gasteiger partial charge on any atom is -0.341 e. The Bertz CT molecular complexity index is 456. The molecule has 0 atom stereocenters. The molecule has 0 aliphatic rings. The second-order valence-electron chi connectivity index (χ2n) is 5.91. The Hall–Kier alpha value is -2.17. The highest BCUT2D eigenvalue weighted by molar-refractivity contribution is 5.91. The van der Waals surface area contributed by atoms with Crippen LogP contribution in [0.15, 0.2) is 0 Å². The highest BCUT2D eigenvalue weighted by Crippen LogP contribution is 2.15. The van der Waals surface area contributed by atoms with Gasteiger partial charge < -0.3 is 35.5 Å². The van der Waals surface area contributed by atoms with E-state index in [1.54, 1.807) is 0 Å². The maximum atomic E-state index is 11.4. The standard InChI is InChI=1S/C16H29N5O5/c1-18-14(26)19-7-3-9-21-16(12-24,13-25)5-4-15(10-22,11-23)20-8-2-6-17/h10-13,20-21H,2-9,17H2,1H3,(H2,18,19,26). The van der Waals surface area contributed by atoms with Gasteiger partial charge in [-0.25, -0.2) is 4.79 Å². The molecule has 0 spiro atoms. The van der Waals surface area contributed by atoms with E-state index < -0.39 is 11.1 Å². The molecule has 2 amide bonds. The van der Waals surface area contributed by atoms with E-state index >= 15 is 0 Å². The molecule has 0 rings (SSSR count). The molecule has 148 valence electrons. The third-order valence-corrected chi connectivity index (χ3v) is 3.95. The molecule has 26 heavy (non-hydrogen) atoms. The first kappa shape index (κ1) is 23.8. The van der Waals surface area contributed by atoms with Crippen LogP contribution >= 0.6 is 0 Å². The monoisotopic (exact) mass is 371 g/mol. The SMILES string of the molecule is CNC(=O)NCCCNC(C=O)(C=O)CCC(C=O)(C=O)NCCCN. The van der Waals surface area contributed by atoms with Crippen LogP contribution in [0.4, 0.5) is 4.79 Å². The molecule has 0 radical (unpaired) electrons. The number of amides is 2. The van der Waals surface area contributed by atoms with E-state index in [9.17, 15) is 24.0 Å². The van der Waals surface area contributed by atoms with Crippen molar-refractivity contribution >= 4 is 31.2 Å². The van der Waals surface area contributed by atoms with E-state index in [0.717, 1.165) is 0 Å². The van der Waals surface area contributed by atoms with Crippen LogP contribution in [0.2, 0.25) is 0 Å². The minimum atomic E-state index is -1.50. The van der Waals surface area contributed by atoms with Crippen LogP contribution in [-0.2, 0) is 19.2 Å². The Morgan fingerprint density at radius 3 is 1.69 bits per heavy atom. The van der Waals surface area contributed by atoms with Gasteiger partial charge in [-0.1, -0.05) is 0 Å². The van der Waals surface area contributed by atoms with Crippen LogP contribution in [0.25, 0.3) is 0 Å². The van der Waals surface area contributed by atoms with Crippen molar-refractivity contribution in [2.24, 2.45) is 5.73 Å². The van der Waals surface area contributed by atoms with Crippen LogP contribution in [0.5, 0.6) is 0 Å². The topological polar surface area (TPSA) is 159 Å². The molecule has 0 bridgehead atoms. The van der Waals surface area contributed by atoms with E-state index in [-0.39, 0.29) is 25.4 Å². The zero-order valence-electron chi connectivity index (χ0n) is 15.1. The summed E-state index contributed by atoms with van der Waals surface area (Å²) >= 11 is 0. The number of hydrogen-bond acceptors (Lipinski definition) is 8. The molecule has 0 heterocycles. The number of aldehydes is 4. The van der Waals surface area contributed by atoms with Crippen LogP contribution in [0, 0.1) is 0 Å². The average molecular weight is 371 g/mol. The molecule has 0 unspecified atom stereocenters. The van der Waals surface area contributed by atoms with Crippen molar-refractivity contribution in [2.75, 3.05) is 33.2 Å². The normalized spacial score (nSPS) is 11.5. The van der Waals surface area contributed by atoms with Crippen molar-refractivity contribution in [3.8, 4) is 0 Å². The zero-order chi connectivity index (χ0) is 19.9. The first-order valence-corrected chi connectivity index (χ1v) is 8.48. The second-order valence-corrected chi connectivity index (χ2v) is 5.91. The van der Waals surface area contributed by atoms with Gasteiger partial charge in [0.05, 0.1) is 0 Å². The Morgan fingerprint density at radius 1 is 0.846 bits per heavy atom. The number of carbonyl (C=O) groups excluding carboxylic acids is 5. The second kappa shape index (κ2) is 13.1. The minimum absolute atomic E-state index is 0.0223. The smallest absolute Gasteiger partial charge is 0.314 e. The molecule has 6 N–H and O–H groups in total. The van der Waals surface area contributed by atoms with Crippen molar-refractivity contribution in [1.29, 1.82) is 0 Å². The summed E-state index contributed by atoms with van der Waals surface area (Å²) < 4.78 is 0. The van der Waals surface area contributed by atoms with Gasteiger partial charge in [0.25, 0.3) is 0 Å². The van der Waals surface area contributed by atoms with E-state index in [4.69, 9.17) is 5.73 Å². The molecular weight excluding hydrogens is 342 g/mol. The van der Waals surface area contributed by atoms with Gasteiger partial charge in [0.15, 0.2) is 0 Å². The van der Waals surface area contributed by atoms with Crippen molar-refractivity contribution < 1.29 is 24.0 Å². The highest BCUT2D eigenvalue weighted by Gasteiger charge is 2.35. The molecule has 0 aliphatic carbocycles. The molecule has 0 aromatic rings. The summed E-state index contributed by atoms with van der Waals surface area (Å²) in [6, 6.07) is -0.327. The van der Waals surface area contributed by atoms with Crippen molar-refractivity contribution in [3.05, 3.63) is 0 Å². The number of nitrogens with one attached hydrogen (secondary N) is 4. The number of hydrogen-bond donors (Lipinski definition) is 5. The Labute approximate surface area is 153 Å². The predicted octanol–water partition coefficient (Wildman–Crippen LogP) is -2.11. The summed E-state index contributed by atoms with van der Waals surface area (Å²) in [5.74, 6) is 0. The Balaban J connectivity index is 4.67. The van der Waals surface area contributed by atoms with Crippen LogP contribution in [-0.4, -0.2) is 75.5 Å². The maximum absolute atomic E-state index is 11.4. The largest absolute Gasteiger partial charge is 0.341 e. The predicted molar refractivity (Wildman–Crippen MR) is 95.7 cm³/mol. The lowest BCUT2D eigenvalue weighted by molar-refractivity contribution is -0.127. The Kier molecular flexibility index (Phi) is 12.0. The Morgan fingerprint density at radius 2 is 1.31 bits per heavy atom. The summed E-state index contributed by atoms with van der Waals surface area (Å²) in [7, 11) is 1.49. The van der Waals surface area contributed by atoms with Gasteiger partial charge in [-0.3, -0.25) is 10.6 Å². The lowest BCUT2D eigenvalue weighted by Crippen LogP contribution is -2.54. The number of carbonyl (C=O) groups is 5. The summed E-state index contributed by atoms with van der Waals surface area (Å²) in [5, 5.41) is 10.6. The van der Waals surface area contributed by atoms with Crippen molar-refractivity contribution in [2.45, 2.75) is 36.8 Å². The molecule has 0 saturated heterocycles. The van der Waals surface area contributed by atoms with Crippen molar-refractivity contribution in [3.63, 3.8) is 0 Å². The van der Waals surface area contributed by atoms with E-state index in [1.807, 2.05) is 0 Å². The number of nitrogens with two attached hydrogens (primary N) is 1. The van der Waals surface area contributed by atoms with Crippen LogP contribution in [0.3, 0.4) is 0 Å². The average Bonchev–Trinajstić information content (AvgIpc) is 2.68. The molecule has 0 aliphatic heterocycles. The van der Waals surface area contributed by atoms with E-state index in [1.165, 1.54) is 7.05 Å². The molecule has 0 aromatic carbocycles. The lowest BCUT2D eigenvalue weighted by atomic mass is 9.87. The van der Waals surface area contributed by atoms with Gasteiger partial charge in [-0.05, 0) is 45.3 Å². The van der Waals surface area contributed by atoms with Gasteiger partial charge in [0, 0.05) is 13.6 Å². The maximum Gasteiger partial charge on any atom is 0.314 e. The number of rotatable bonds is 16. The molecule has 0 saturated carbocycles. The fourth-order valence-corrected chi connectivity index (χ4v) is 2.17. The van der Waals surface area contributed by atoms with E-state index in [2.05, 4.69) is 21.3 Å². The van der Waals surface area contributed by atoms with Crippen LogP contribution < -0.4 is 27.0 Å². The fraction of sp³-hybridized carbons (Fsp3) is 0.688. The number of urea groups is 1. The third kappa shape index (κ3) is 8.28. The molecule has 10 heteroatoms. The summed E-state index contributed by atoms with van der Waals surface area (Å²) in [4.78, 5) is 56.7. The molecule has 10 nitrogen and oxygen atoms in total. The van der Waals surface area contributed by atoms with Gasteiger partial charge in [-0.15, -0.1) is 0 Å². The molecule has 0 fully saturated rings. The summed E-state index contributed by atoms with van der Waals surface area (Å²) in [6.07, 6.45) is 2.89. The van der Waals surface area contributed by atoms with Gasteiger partial charge in [0.2, 0.25) is 0 Å². The van der Waals surface area contributed by atoms with Gasteiger partial charge in [-0.2, -0.15) is 0 Å². The first-order valence-electron chi connectivity index (χ1n) is 8.48. The van der Waals surface area contributed by atoms with Crippen molar-refractivity contribution in [1.82, 2.24) is 21.3 Å². The quantitative estimate of drug-likeness (QED) is 0.117. The van der Waals surface area contributed by atoms with Gasteiger partial charge in [0.1, 0.15) is 36.2 Å². The lowest BCUT2D eigenvalue weighted by Gasteiger charge is -2.29. The van der Waals surface area contributed by atoms with Gasteiger partial charge >= 0.3 is 6.03 Å². The summed E-state index contributed by atoms with van der Waals surface area (Å²) in [6.45, 7) is 1.41. The summed E-state index contributed by atoms with van der Waals surface area (Å²) in [5.41, 5.74) is 2.42. The van der Waals surface area contributed by atoms with Crippen LogP contribution in [0.1, 0.15) is 25.7 Å². The zero-order valence-corrected chi connectivity index (χ0v) is 15.1. The first-order chi connectivity index (χ1) is 12.5.